The number of rotatable bonds is 5. The third-order valence-electron chi connectivity index (χ3n) is 2.62. The molecule has 1 saturated carbocycles. The topological polar surface area (TPSA) is 71.2 Å². The summed E-state index contributed by atoms with van der Waals surface area (Å²) < 4.78 is 0. The number of nitrogens with two attached hydrogens (primary N) is 1. The molecule has 1 aliphatic rings. The van der Waals surface area contributed by atoms with Crippen molar-refractivity contribution in [2.24, 2.45) is 0 Å². The molecule has 1 unspecified atom stereocenters. The van der Waals surface area contributed by atoms with Gasteiger partial charge in [0.05, 0.1) is 6.10 Å². The Morgan fingerprint density at radius 3 is 3.07 bits per heavy atom. The maximum Gasteiger partial charge on any atom is 0.0706 e. The number of nitrogens with zero attached hydrogens (tertiary/aromatic N) is 1. The number of aliphatic hydroxyl groups excluding tert-OH is 1. The average molecular weight is 207 g/mol. The second kappa shape index (κ2) is 4.59. The van der Waals surface area contributed by atoms with Crippen LogP contribution >= 0.6 is 0 Å². The van der Waals surface area contributed by atoms with Gasteiger partial charge in [-0.05, 0) is 24.5 Å². The number of nitrogens with one attached hydrogen (secondary N) is 1. The summed E-state index contributed by atoms with van der Waals surface area (Å²) in [4.78, 5) is 3.99. The summed E-state index contributed by atoms with van der Waals surface area (Å²) in [5, 5.41) is 13.0. The van der Waals surface area contributed by atoms with Gasteiger partial charge in [0.1, 0.15) is 0 Å². The highest BCUT2D eigenvalue weighted by molar-refractivity contribution is 5.44. The maximum atomic E-state index is 9.76. The molecule has 1 aromatic heterocycles. The smallest absolute Gasteiger partial charge is 0.0706 e. The molecule has 1 fully saturated rings. The van der Waals surface area contributed by atoms with Crippen LogP contribution in [0.4, 0.5) is 5.69 Å². The molecule has 1 aliphatic carbocycles. The summed E-state index contributed by atoms with van der Waals surface area (Å²) in [6.07, 6.45) is 6.05. The lowest BCUT2D eigenvalue weighted by atomic mass is 10.1. The van der Waals surface area contributed by atoms with Crippen molar-refractivity contribution in [2.45, 2.75) is 31.4 Å². The Bertz CT molecular complexity index is 325. The lowest BCUT2D eigenvalue weighted by Gasteiger charge is -2.12. The fourth-order valence-corrected chi connectivity index (χ4v) is 1.52. The minimum absolute atomic E-state index is 0.378. The monoisotopic (exact) mass is 207 g/mol. The van der Waals surface area contributed by atoms with E-state index in [1.165, 1.54) is 12.8 Å². The Balaban J connectivity index is 1.81. The first-order valence-corrected chi connectivity index (χ1v) is 5.35. The van der Waals surface area contributed by atoms with Crippen molar-refractivity contribution in [1.29, 1.82) is 0 Å². The van der Waals surface area contributed by atoms with Crippen LogP contribution in [0.3, 0.4) is 0 Å². The molecule has 0 aromatic carbocycles. The zero-order valence-corrected chi connectivity index (χ0v) is 8.69. The molecule has 0 aliphatic heterocycles. The highest BCUT2D eigenvalue weighted by Gasteiger charge is 2.21. The summed E-state index contributed by atoms with van der Waals surface area (Å²) in [5.41, 5.74) is 7.39. The molecule has 4 heteroatoms. The second-order valence-corrected chi connectivity index (χ2v) is 4.11. The van der Waals surface area contributed by atoms with Crippen molar-refractivity contribution in [2.75, 3.05) is 12.3 Å². The number of aromatic nitrogens is 1. The van der Waals surface area contributed by atoms with Crippen molar-refractivity contribution < 1.29 is 5.11 Å². The molecular formula is C11H17N3O. The summed E-state index contributed by atoms with van der Waals surface area (Å²) in [5.74, 6) is 0. The Morgan fingerprint density at radius 1 is 1.60 bits per heavy atom. The molecule has 82 valence electrons. The van der Waals surface area contributed by atoms with Gasteiger partial charge >= 0.3 is 0 Å². The minimum atomic E-state index is -0.378. The highest BCUT2D eigenvalue weighted by atomic mass is 16.3. The SMILES string of the molecule is Nc1ccncc1CC(O)CNC1CC1. The number of anilines is 1. The minimum Gasteiger partial charge on any atom is -0.398 e. The van der Waals surface area contributed by atoms with Crippen LogP contribution in [-0.2, 0) is 6.42 Å². The number of hydrogen-bond donors (Lipinski definition) is 3. The maximum absolute atomic E-state index is 9.76. The molecule has 1 atom stereocenters. The predicted octanol–water partition coefficient (Wildman–Crippen LogP) is 0.319. The van der Waals surface area contributed by atoms with Gasteiger partial charge in [0, 0.05) is 37.1 Å². The summed E-state index contributed by atoms with van der Waals surface area (Å²) >= 11 is 0. The standard InChI is InChI=1S/C11H17N3O/c12-11-3-4-13-6-8(11)5-10(15)7-14-9-1-2-9/h3-4,6,9-10,14-15H,1-2,5,7H2,(H2,12,13). The summed E-state index contributed by atoms with van der Waals surface area (Å²) in [6.45, 7) is 0.638. The molecule has 15 heavy (non-hydrogen) atoms. The largest absolute Gasteiger partial charge is 0.398 e. The zero-order chi connectivity index (χ0) is 10.7. The van der Waals surface area contributed by atoms with Gasteiger partial charge in [-0.25, -0.2) is 0 Å². The van der Waals surface area contributed by atoms with E-state index in [0.29, 0.717) is 24.7 Å². The molecule has 1 aromatic rings. The number of nitrogen functional groups attached to an aromatic ring is 1. The van der Waals surface area contributed by atoms with E-state index in [-0.39, 0.29) is 6.10 Å². The van der Waals surface area contributed by atoms with Crippen LogP contribution in [0.5, 0.6) is 0 Å². The van der Waals surface area contributed by atoms with Gasteiger partial charge in [-0.3, -0.25) is 4.98 Å². The quantitative estimate of drug-likeness (QED) is 0.650. The van der Waals surface area contributed by atoms with Gasteiger partial charge in [-0.15, -0.1) is 0 Å². The van der Waals surface area contributed by atoms with Crippen LogP contribution in [0.15, 0.2) is 18.5 Å². The molecule has 4 N–H and O–H groups in total. The van der Waals surface area contributed by atoms with Crippen LogP contribution in [0.25, 0.3) is 0 Å². The number of hydrogen-bond acceptors (Lipinski definition) is 4. The normalized spacial score (nSPS) is 17.7. The molecule has 0 spiro atoms. The van der Waals surface area contributed by atoms with Gasteiger partial charge in [0.2, 0.25) is 0 Å². The zero-order valence-electron chi connectivity index (χ0n) is 8.69. The van der Waals surface area contributed by atoms with Crippen molar-refractivity contribution in [1.82, 2.24) is 10.3 Å². The van der Waals surface area contributed by atoms with Crippen molar-refractivity contribution >= 4 is 5.69 Å². The van der Waals surface area contributed by atoms with E-state index in [2.05, 4.69) is 10.3 Å². The molecular weight excluding hydrogens is 190 g/mol. The van der Waals surface area contributed by atoms with E-state index in [0.717, 1.165) is 5.56 Å². The van der Waals surface area contributed by atoms with E-state index >= 15 is 0 Å². The molecule has 0 saturated heterocycles. The lowest BCUT2D eigenvalue weighted by molar-refractivity contribution is 0.171. The average Bonchev–Trinajstić information content (AvgIpc) is 3.02. The number of pyridine rings is 1. The van der Waals surface area contributed by atoms with E-state index in [1.807, 2.05) is 0 Å². The Morgan fingerprint density at radius 2 is 2.40 bits per heavy atom. The molecule has 0 amide bonds. The van der Waals surface area contributed by atoms with Crippen LogP contribution in [-0.4, -0.2) is 28.8 Å². The highest BCUT2D eigenvalue weighted by Crippen LogP contribution is 2.18. The second-order valence-electron chi connectivity index (χ2n) is 4.11. The lowest BCUT2D eigenvalue weighted by Crippen LogP contribution is -2.30. The third kappa shape index (κ3) is 3.18. The van der Waals surface area contributed by atoms with Gasteiger partial charge in [0.25, 0.3) is 0 Å². The van der Waals surface area contributed by atoms with E-state index in [4.69, 9.17) is 5.73 Å². The molecule has 0 bridgehead atoms. The van der Waals surface area contributed by atoms with Gasteiger partial charge < -0.3 is 16.2 Å². The summed E-state index contributed by atoms with van der Waals surface area (Å²) in [7, 11) is 0. The number of aliphatic hydroxyl groups is 1. The molecule has 1 heterocycles. The van der Waals surface area contributed by atoms with Gasteiger partial charge in [-0.2, -0.15) is 0 Å². The van der Waals surface area contributed by atoms with E-state index in [9.17, 15) is 5.11 Å². The Kier molecular flexibility index (Phi) is 3.18. The van der Waals surface area contributed by atoms with Crippen LogP contribution in [0.2, 0.25) is 0 Å². The van der Waals surface area contributed by atoms with Gasteiger partial charge in [-0.1, -0.05) is 0 Å². The van der Waals surface area contributed by atoms with Crippen LogP contribution in [0, 0.1) is 0 Å². The first-order valence-electron chi connectivity index (χ1n) is 5.35. The van der Waals surface area contributed by atoms with Crippen LogP contribution in [0.1, 0.15) is 18.4 Å². The summed E-state index contributed by atoms with van der Waals surface area (Å²) in [6, 6.07) is 2.39. The van der Waals surface area contributed by atoms with Crippen molar-refractivity contribution in [3.63, 3.8) is 0 Å². The predicted molar refractivity (Wildman–Crippen MR) is 59.4 cm³/mol. The third-order valence-corrected chi connectivity index (χ3v) is 2.62. The fraction of sp³-hybridized carbons (Fsp3) is 0.545. The fourth-order valence-electron chi connectivity index (χ4n) is 1.52. The first-order chi connectivity index (χ1) is 7.25. The molecule has 0 radical (unpaired) electrons. The van der Waals surface area contributed by atoms with Crippen LogP contribution < -0.4 is 11.1 Å². The van der Waals surface area contributed by atoms with Gasteiger partial charge in [0.15, 0.2) is 0 Å². The Hall–Kier alpha value is -1.13. The van der Waals surface area contributed by atoms with Crippen molar-refractivity contribution in [3.8, 4) is 0 Å². The van der Waals surface area contributed by atoms with E-state index < -0.39 is 0 Å². The first kappa shape index (κ1) is 10.4. The molecule has 4 nitrogen and oxygen atoms in total. The Labute approximate surface area is 89.5 Å². The van der Waals surface area contributed by atoms with E-state index in [1.54, 1.807) is 18.5 Å². The van der Waals surface area contributed by atoms with Crippen molar-refractivity contribution in [3.05, 3.63) is 24.0 Å². The molecule has 2 rings (SSSR count).